The first-order chi connectivity index (χ1) is 12.1. The summed E-state index contributed by atoms with van der Waals surface area (Å²) >= 11 is 0. The lowest BCUT2D eigenvalue weighted by molar-refractivity contribution is 0.0679. The molecule has 0 saturated carbocycles. The van der Waals surface area contributed by atoms with E-state index in [1.807, 2.05) is 6.20 Å². The van der Waals surface area contributed by atoms with Crippen LogP contribution in [0.2, 0.25) is 0 Å². The summed E-state index contributed by atoms with van der Waals surface area (Å²) in [4.78, 5) is 2.56. The standard InChI is InChI=1S/C19H29N5O/c1-14(2)24-17(5-8-20-24)18-15(3)21-23-10-4-9-22(19(18)23)13-16-6-11-25-12-7-16/h5,8,14,16H,4,6-7,9-13H2,1-3H3. The summed E-state index contributed by atoms with van der Waals surface area (Å²) in [5.74, 6) is 2.01. The van der Waals surface area contributed by atoms with E-state index in [4.69, 9.17) is 9.84 Å². The Labute approximate surface area is 149 Å². The average molecular weight is 343 g/mol. The van der Waals surface area contributed by atoms with Crippen LogP contribution < -0.4 is 4.90 Å². The SMILES string of the molecule is Cc1nn2c(c1-c1ccnn1C(C)C)N(CC1CCOCC1)CCC2. The van der Waals surface area contributed by atoms with Crippen LogP contribution in [0.15, 0.2) is 12.3 Å². The minimum Gasteiger partial charge on any atom is -0.381 e. The van der Waals surface area contributed by atoms with Gasteiger partial charge in [0.1, 0.15) is 5.82 Å². The highest BCUT2D eigenvalue weighted by Crippen LogP contribution is 2.37. The number of rotatable bonds is 4. The zero-order valence-electron chi connectivity index (χ0n) is 15.6. The number of hydrogen-bond donors (Lipinski definition) is 0. The van der Waals surface area contributed by atoms with Crippen molar-refractivity contribution in [2.24, 2.45) is 5.92 Å². The van der Waals surface area contributed by atoms with Gasteiger partial charge in [-0.05, 0) is 52.0 Å². The highest BCUT2D eigenvalue weighted by Gasteiger charge is 2.29. The third-order valence-corrected chi connectivity index (χ3v) is 5.43. The predicted octanol–water partition coefficient (Wildman–Crippen LogP) is 3.27. The van der Waals surface area contributed by atoms with Crippen molar-refractivity contribution in [3.8, 4) is 11.3 Å². The Morgan fingerprint density at radius 3 is 2.80 bits per heavy atom. The van der Waals surface area contributed by atoms with Crippen molar-refractivity contribution in [3.05, 3.63) is 18.0 Å². The van der Waals surface area contributed by atoms with Crippen molar-refractivity contribution < 1.29 is 4.74 Å². The number of aromatic nitrogens is 4. The van der Waals surface area contributed by atoms with E-state index in [9.17, 15) is 0 Å². The Bertz CT molecular complexity index is 726. The number of aryl methyl sites for hydroxylation is 2. The van der Waals surface area contributed by atoms with Crippen LogP contribution in [-0.4, -0.2) is 45.9 Å². The van der Waals surface area contributed by atoms with Crippen LogP contribution >= 0.6 is 0 Å². The molecule has 4 rings (SSSR count). The first-order valence-corrected chi connectivity index (χ1v) is 9.59. The first kappa shape index (κ1) is 16.6. The van der Waals surface area contributed by atoms with Crippen molar-refractivity contribution >= 4 is 5.82 Å². The molecule has 2 aromatic rings. The van der Waals surface area contributed by atoms with Gasteiger partial charge < -0.3 is 9.64 Å². The summed E-state index contributed by atoms with van der Waals surface area (Å²) in [5.41, 5.74) is 3.56. The fraction of sp³-hybridized carbons (Fsp3) is 0.684. The van der Waals surface area contributed by atoms with Crippen molar-refractivity contribution in [2.75, 3.05) is 31.2 Å². The van der Waals surface area contributed by atoms with E-state index in [0.29, 0.717) is 6.04 Å². The fourth-order valence-electron chi connectivity index (χ4n) is 4.21. The van der Waals surface area contributed by atoms with Gasteiger partial charge in [-0.15, -0.1) is 0 Å². The van der Waals surface area contributed by atoms with Crippen molar-refractivity contribution in [3.63, 3.8) is 0 Å². The number of hydrogen-bond acceptors (Lipinski definition) is 4. The molecule has 2 aliphatic heterocycles. The van der Waals surface area contributed by atoms with Crippen molar-refractivity contribution in [1.82, 2.24) is 19.6 Å². The topological polar surface area (TPSA) is 48.1 Å². The van der Waals surface area contributed by atoms with Gasteiger partial charge in [-0.3, -0.25) is 4.68 Å². The van der Waals surface area contributed by atoms with Crippen molar-refractivity contribution in [1.29, 1.82) is 0 Å². The quantitative estimate of drug-likeness (QED) is 0.855. The van der Waals surface area contributed by atoms with Crippen LogP contribution in [0.1, 0.15) is 44.8 Å². The number of nitrogens with zero attached hydrogens (tertiary/aromatic N) is 5. The molecule has 0 aromatic carbocycles. The molecule has 2 aromatic heterocycles. The van der Waals surface area contributed by atoms with Gasteiger partial charge in [-0.1, -0.05) is 0 Å². The summed E-state index contributed by atoms with van der Waals surface area (Å²) < 4.78 is 9.87. The maximum atomic E-state index is 5.54. The first-order valence-electron chi connectivity index (χ1n) is 9.59. The lowest BCUT2D eigenvalue weighted by Gasteiger charge is -2.35. The highest BCUT2D eigenvalue weighted by atomic mass is 16.5. The Morgan fingerprint density at radius 1 is 1.24 bits per heavy atom. The summed E-state index contributed by atoms with van der Waals surface area (Å²) in [7, 11) is 0. The average Bonchev–Trinajstić information content (AvgIpc) is 3.19. The summed E-state index contributed by atoms with van der Waals surface area (Å²) in [6.45, 7) is 11.5. The van der Waals surface area contributed by atoms with Crippen molar-refractivity contribution in [2.45, 2.75) is 52.6 Å². The summed E-state index contributed by atoms with van der Waals surface area (Å²) in [6.07, 6.45) is 5.41. The lowest BCUT2D eigenvalue weighted by Crippen LogP contribution is -2.38. The molecule has 136 valence electrons. The molecule has 6 heteroatoms. The monoisotopic (exact) mass is 343 g/mol. The van der Waals surface area contributed by atoms with E-state index in [1.165, 1.54) is 36.3 Å². The third kappa shape index (κ3) is 3.08. The molecule has 0 bridgehead atoms. The maximum Gasteiger partial charge on any atom is 0.136 e. The molecule has 0 aliphatic carbocycles. The van der Waals surface area contributed by atoms with Gasteiger partial charge in [0.25, 0.3) is 0 Å². The molecule has 0 N–H and O–H groups in total. The Hall–Kier alpha value is -1.82. The molecule has 0 radical (unpaired) electrons. The van der Waals surface area contributed by atoms with Crippen LogP contribution in [-0.2, 0) is 11.3 Å². The lowest BCUT2D eigenvalue weighted by atomic mass is 9.99. The largest absolute Gasteiger partial charge is 0.381 e. The molecule has 0 spiro atoms. The van der Waals surface area contributed by atoms with E-state index in [2.05, 4.69) is 46.2 Å². The van der Waals surface area contributed by atoms with E-state index in [0.717, 1.165) is 44.5 Å². The van der Waals surface area contributed by atoms with E-state index in [1.54, 1.807) is 0 Å². The molecule has 6 nitrogen and oxygen atoms in total. The zero-order valence-corrected chi connectivity index (χ0v) is 15.6. The van der Waals surface area contributed by atoms with Gasteiger partial charge in [0, 0.05) is 45.1 Å². The molecule has 0 atom stereocenters. The van der Waals surface area contributed by atoms with Crippen LogP contribution in [0.25, 0.3) is 11.3 Å². The van der Waals surface area contributed by atoms with Gasteiger partial charge in [-0.25, -0.2) is 4.68 Å². The second-order valence-corrected chi connectivity index (χ2v) is 7.62. The molecule has 0 amide bonds. The molecular formula is C19H29N5O. The van der Waals surface area contributed by atoms with Gasteiger partial charge in [0.2, 0.25) is 0 Å². The minimum absolute atomic E-state index is 0.340. The van der Waals surface area contributed by atoms with Gasteiger partial charge in [-0.2, -0.15) is 10.2 Å². The Kier molecular flexibility index (Phi) is 4.54. The molecule has 4 heterocycles. The second-order valence-electron chi connectivity index (χ2n) is 7.62. The molecular weight excluding hydrogens is 314 g/mol. The van der Waals surface area contributed by atoms with Crippen LogP contribution in [0.4, 0.5) is 5.82 Å². The fourth-order valence-corrected chi connectivity index (χ4v) is 4.21. The van der Waals surface area contributed by atoms with Crippen LogP contribution in [0.5, 0.6) is 0 Å². The Balaban J connectivity index is 1.72. The maximum absolute atomic E-state index is 5.54. The number of ether oxygens (including phenoxy) is 1. The molecule has 1 saturated heterocycles. The van der Waals surface area contributed by atoms with Crippen LogP contribution in [0.3, 0.4) is 0 Å². The Morgan fingerprint density at radius 2 is 2.04 bits per heavy atom. The van der Waals surface area contributed by atoms with E-state index in [-0.39, 0.29) is 0 Å². The van der Waals surface area contributed by atoms with Gasteiger partial charge in [0.05, 0.1) is 17.0 Å². The molecule has 2 aliphatic rings. The molecule has 0 unspecified atom stereocenters. The van der Waals surface area contributed by atoms with E-state index >= 15 is 0 Å². The van der Waals surface area contributed by atoms with E-state index < -0.39 is 0 Å². The third-order valence-electron chi connectivity index (χ3n) is 5.43. The molecule has 25 heavy (non-hydrogen) atoms. The van der Waals surface area contributed by atoms with Gasteiger partial charge >= 0.3 is 0 Å². The number of fused-ring (bicyclic) bond motifs is 1. The smallest absolute Gasteiger partial charge is 0.136 e. The number of anilines is 1. The molecule has 1 fully saturated rings. The highest BCUT2D eigenvalue weighted by molar-refractivity contribution is 5.77. The summed E-state index contributed by atoms with van der Waals surface area (Å²) in [5, 5.41) is 9.41. The normalized spacial score (nSPS) is 18.8. The minimum atomic E-state index is 0.340. The predicted molar refractivity (Wildman–Crippen MR) is 98.9 cm³/mol. The van der Waals surface area contributed by atoms with Gasteiger partial charge in [0.15, 0.2) is 0 Å². The van der Waals surface area contributed by atoms with Crippen LogP contribution in [0, 0.1) is 12.8 Å². The summed E-state index contributed by atoms with van der Waals surface area (Å²) in [6, 6.07) is 2.47. The second kappa shape index (κ2) is 6.83. The zero-order chi connectivity index (χ0) is 17.4.